The van der Waals surface area contributed by atoms with Gasteiger partial charge in [0.2, 0.25) is 0 Å². The van der Waals surface area contributed by atoms with E-state index in [2.05, 4.69) is 18.4 Å². The summed E-state index contributed by atoms with van der Waals surface area (Å²) in [7, 11) is 0. The molecular weight excluding hydrogens is 156 g/mol. The highest BCUT2D eigenvalue weighted by atomic mass is 32.1. The molecule has 0 aromatic carbocycles. The highest BCUT2D eigenvalue weighted by Gasteiger charge is 2.01. The van der Waals surface area contributed by atoms with E-state index < -0.39 is 0 Å². The number of aryl methyl sites for hydroxylation is 2. The van der Waals surface area contributed by atoms with Gasteiger partial charge in [0.25, 0.3) is 0 Å². The molecule has 2 heteroatoms. The van der Waals surface area contributed by atoms with Crippen LogP contribution in [0.5, 0.6) is 0 Å². The van der Waals surface area contributed by atoms with Gasteiger partial charge < -0.3 is 5.11 Å². The molecular formula is C9H14OS. The Kier molecular flexibility index (Phi) is 3.09. The van der Waals surface area contributed by atoms with Crippen LogP contribution in [0.1, 0.15) is 23.8 Å². The Morgan fingerprint density at radius 1 is 1.64 bits per heavy atom. The van der Waals surface area contributed by atoms with Crippen LogP contribution < -0.4 is 0 Å². The van der Waals surface area contributed by atoms with Crippen LogP contribution >= 0.6 is 11.3 Å². The Bertz CT molecular complexity index is 215. The van der Waals surface area contributed by atoms with Crippen molar-refractivity contribution in [3.8, 4) is 0 Å². The van der Waals surface area contributed by atoms with Crippen molar-refractivity contribution in [2.24, 2.45) is 0 Å². The molecule has 1 nitrogen and oxygen atoms in total. The molecule has 0 amide bonds. The molecule has 0 saturated carbocycles. The number of hydrogen-bond donors (Lipinski definition) is 1. The first-order valence-corrected chi connectivity index (χ1v) is 4.79. The molecule has 1 atom stereocenters. The first kappa shape index (κ1) is 8.75. The van der Waals surface area contributed by atoms with Crippen LogP contribution in [0.4, 0.5) is 0 Å². The van der Waals surface area contributed by atoms with E-state index in [0.29, 0.717) is 0 Å². The molecule has 1 aromatic heterocycles. The van der Waals surface area contributed by atoms with E-state index in [1.807, 2.05) is 6.92 Å². The van der Waals surface area contributed by atoms with Crippen LogP contribution in [0.3, 0.4) is 0 Å². The van der Waals surface area contributed by atoms with Crippen molar-refractivity contribution in [1.29, 1.82) is 0 Å². The smallest absolute Gasteiger partial charge is 0.0515 e. The third kappa shape index (κ3) is 2.64. The van der Waals surface area contributed by atoms with E-state index in [1.54, 1.807) is 11.3 Å². The molecule has 0 radical (unpaired) electrons. The lowest BCUT2D eigenvalue weighted by atomic mass is 10.1. The zero-order chi connectivity index (χ0) is 8.27. The summed E-state index contributed by atoms with van der Waals surface area (Å²) in [6.07, 6.45) is 1.72. The second kappa shape index (κ2) is 3.88. The minimum atomic E-state index is -0.170. The third-order valence-corrected chi connectivity index (χ3v) is 2.84. The molecule has 1 rings (SSSR count). The molecule has 62 valence electrons. The quantitative estimate of drug-likeness (QED) is 0.738. The lowest BCUT2D eigenvalue weighted by molar-refractivity contribution is 0.185. The molecule has 0 bridgehead atoms. The minimum absolute atomic E-state index is 0.170. The van der Waals surface area contributed by atoms with Crippen LogP contribution in [0, 0.1) is 6.92 Å². The normalized spacial score (nSPS) is 13.4. The fourth-order valence-corrected chi connectivity index (χ4v) is 1.93. The molecule has 0 spiro atoms. The van der Waals surface area contributed by atoms with E-state index in [0.717, 1.165) is 12.8 Å². The maximum Gasteiger partial charge on any atom is 0.0515 e. The van der Waals surface area contributed by atoms with Crippen molar-refractivity contribution >= 4 is 11.3 Å². The van der Waals surface area contributed by atoms with Crippen molar-refractivity contribution in [3.63, 3.8) is 0 Å². The highest BCUT2D eigenvalue weighted by Crippen LogP contribution is 2.17. The summed E-state index contributed by atoms with van der Waals surface area (Å²) in [6, 6.07) is 2.13. The van der Waals surface area contributed by atoms with Gasteiger partial charge in [0, 0.05) is 4.88 Å². The first-order valence-electron chi connectivity index (χ1n) is 3.91. The monoisotopic (exact) mass is 170 g/mol. The summed E-state index contributed by atoms with van der Waals surface area (Å²) in [5.74, 6) is 0. The maximum atomic E-state index is 9.05. The number of thiophene rings is 1. The van der Waals surface area contributed by atoms with Gasteiger partial charge in [0.05, 0.1) is 6.10 Å². The molecule has 1 N–H and O–H groups in total. The maximum absolute atomic E-state index is 9.05. The van der Waals surface area contributed by atoms with Gasteiger partial charge in [-0.1, -0.05) is 0 Å². The second-order valence-electron chi connectivity index (χ2n) is 2.91. The van der Waals surface area contributed by atoms with Crippen LogP contribution in [-0.4, -0.2) is 11.2 Å². The van der Waals surface area contributed by atoms with Gasteiger partial charge in [-0.3, -0.25) is 0 Å². The van der Waals surface area contributed by atoms with Crippen molar-refractivity contribution < 1.29 is 5.11 Å². The Hall–Kier alpha value is -0.340. The van der Waals surface area contributed by atoms with Crippen LogP contribution in [-0.2, 0) is 6.42 Å². The van der Waals surface area contributed by atoms with Crippen molar-refractivity contribution in [2.75, 3.05) is 0 Å². The average Bonchev–Trinajstić information content (AvgIpc) is 2.31. The fraction of sp³-hybridized carbons (Fsp3) is 0.556. The number of aliphatic hydroxyl groups excluding tert-OH is 1. The Morgan fingerprint density at radius 2 is 2.36 bits per heavy atom. The largest absolute Gasteiger partial charge is 0.393 e. The van der Waals surface area contributed by atoms with Crippen LogP contribution in [0.2, 0.25) is 0 Å². The molecule has 0 fully saturated rings. The summed E-state index contributed by atoms with van der Waals surface area (Å²) in [5.41, 5.74) is 1.36. The molecule has 1 aromatic rings. The van der Waals surface area contributed by atoms with E-state index >= 15 is 0 Å². The average molecular weight is 170 g/mol. The third-order valence-electron chi connectivity index (χ3n) is 1.76. The van der Waals surface area contributed by atoms with E-state index in [-0.39, 0.29) is 6.10 Å². The second-order valence-corrected chi connectivity index (χ2v) is 3.92. The van der Waals surface area contributed by atoms with Crippen LogP contribution in [0.15, 0.2) is 11.4 Å². The van der Waals surface area contributed by atoms with E-state index in [9.17, 15) is 0 Å². The fourth-order valence-electron chi connectivity index (χ4n) is 1.00. The molecule has 0 unspecified atom stereocenters. The SMILES string of the molecule is Cc1ccsc1CC[C@@H](C)O. The van der Waals surface area contributed by atoms with Gasteiger partial charge in [-0.25, -0.2) is 0 Å². The lowest BCUT2D eigenvalue weighted by Gasteiger charge is -2.02. The zero-order valence-corrected chi connectivity index (χ0v) is 7.82. The van der Waals surface area contributed by atoms with Gasteiger partial charge in [-0.05, 0) is 43.7 Å². The first-order chi connectivity index (χ1) is 5.20. The Labute approximate surface area is 71.7 Å². The predicted molar refractivity (Wildman–Crippen MR) is 49.1 cm³/mol. The van der Waals surface area contributed by atoms with Gasteiger partial charge in [0.15, 0.2) is 0 Å². The van der Waals surface area contributed by atoms with Crippen molar-refractivity contribution in [2.45, 2.75) is 32.8 Å². The number of rotatable bonds is 3. The molecule has 0 aliphatic carbocycles. The topological polar surface area (TPSA) is 20.2 Å². The summed E-state index contributed by atoms with van der Waals surface area (Å²) in [5, 5.41) is 11.2. The summed E-state index contributed by atoms with van der Waals surface area (Å²) in [4.78, 5) is 1.41. The predicted octanol–water partition coefficient (Wildman–Crippen LogP) is 2.37. The standard InChI is InChI=1S/C9H14OS/c1-7-5-6-11-9(7)4-3-8(2)10/h5-6,8,10H,3-4H2,1-2H3/t8-/m1/s1. The zero-order valence-electron chi connectivity index (χ0n) is 7.00. The van der Waals surface area contributed by atoms with Crippen molar-refractivity contribution in [1.82, 2.24) is 0 Å². The van der Waals surface area contributed by atoms with Gasteiger partial charge >= 0.3 is 0 Å². The van der Waals surface area contributed by atoms with Gasteiger partial charge in [0.1, 0.15) is 0 Å². The molecule has 0 saturated heterocycles. The highest BCUT2D eigenvalue weighted by molar-refractivity contribution is 7.10. The summed E-state index contributed by atoms with van der Waals surface area (Å²) in [6.45, 7) is 3.96. The Morgan fingerprint density at radius 3 is 2.82 bits per heavy atom. The minimum Gasteiger partial charge on any atom is -0.393 e. The number of aliphatic hydroxyl groups is 1. The Balaban J connectivity index is 2.44. The summed E-state index contributed by atoms with van der Waals surface area (Å²) < 4.78 is 0. The molecule has 0 aliphatic rings. The molecule has 1 heterocycles. The lowest BCUT2D eigenvalue weighted by Crippen LogP contribution is -2.00. The van der Waals surface area contributed by atoms with Gasteiger partial charge in [-0.15, -0.1) is 11.3 Å². The van der Waals surface area contributed by atoms with Crippen molar-refractivity contribution in [3.05, 3.63) is 21.9 Å². The number of hydrogen-bond acceptors (Lipinski definition) is 2. The molecule has 11 heavy (non-hydrogen) atoms. The summed E-state index contributed by atoms with van der Waals surface area (Å²) >= 11 is 1.78. The van der Waals surface area contributed by atoms with E-state index in [4.69, 9.17) is 5.11 Å². The molecule has 0 aliphatic heterocycles. The van der Waals surface area contributed by atoms with Gasteiger partial charge in [-0.2, -0.15) is 0 Å². The van der Waals surface area contributed by atoms with E-state index in [1.165, 1.54) is 10.4 Å². The van der Waals surface area contributed by atoms with Crippen LogP contribution in [0.25, 0.3) is 0 Å².